The molecule has 4 aromatic rings. The van der Waals surface area contributed by atoms with Crippen LogP contribution in [0.3, 0.4) is 0 Å². The Morgan fingerprint density at radius 3 is 2.59 bits per heavy atom. The third-order valence-electron chi connectivity index (χ3n) is 5.99. The van der Waals surface area contributed by atoms with Crippen molar-refractivity contribution in [1.82, 2.24) is 15.2 Å². The first-order valence-electron chi connectivity index (χ1n) is 12.0. The SMILES string of the molecule is CCc1cc(C#N)cc(C)c1NC(Cc1ccc(-c2nnc(CNc3cc(C)ccn3)s2)cc1)C(=O)O. The number of pyridine rings is 1. The second-order valence-electron chi connectivity index (χ2n) is 8.80. The number of carboxylic acids is 1. The van der Waals surface area contributed by atoms with E-state index >= 15 is 0 Å². The average Bonchev–Trinajstić information content (AvgIpc) is 3.37. The molecule has 0 saturated heterocycles. The Morgan fingerprint density at radius 1 is 1.14 bits per heavy atom. The van der Waals surface area contributed by atoms with Crippen molar-refractivity contribution in [3.63, 3.8) is 0 Å². The lowest BCUT2D eigenvalue weighted by molar-refractivity contribution is -0.137. The Morgan fingerprint density at radius 2 is 1.92 bits per heavy atom. The van der Waals surface area contributed by atoms with E-state index in [0.29, 0.717) is 24.9 Å². The minimum atomic E-state index is -0.931. The molecule has 2 heterocycles. The Bertz CT molecular complexity index is 1440. The zero-order chi connectivity index (χ0) is 26.4. The molecule has 3 N–H and O–H groups in total. The molecule has 0 spiro atoms. The largest absolute Gasteiger partial charge is 0.480 e. The van der Waals surface area contributed by atoms with Crippen molar-refractivity contribution < 1.29 is 9.90 Å². The first-order chi connectivity index (χ1) is 17.9. The van der Waals surface area contributed by atoms with Crippen molar-refractivity contribution in [3.05, 3.63) is 87.6 Å². The van der Waals surface area contributed by atoms with Crippen LogP contribution in [0.2, 0.25) is 0 Å². The predicted octanol–water partition coefficient (Wildman–Crippen LogP) is 5.37. The fourth-order valence-electron chi connectivity index (χ4n) is 4.04. The molecule has 37 heavy (non-hydrogen) atoms. The van der Waals surface area contributed by atoms with Gasteiger partial charge in [-0.1, -0.05) is 42.5 Å². The van der Waals surface area contributed by atoms with Gasteiger partial charge in [-0.15, -0.1) is 10.2 Å². The van der Waals surface area contributed by atoms with Gasteiger partial charge in [-0.3, -0.25) is 0 Å². The van der Waals surface area contributed by atoms with Crippen LogP contribution in [-0.2, 0) is 24.2 Å². The van der Waals surface area contributed by atoms with Gasteiger partial charge in [0.05, 0.1) is 18.2 Å². The maximum Gasteiger partial charge on any atom is 0.326 e. The highest BCUT2D eigenvalue weighted by molar-refractivity contribution is 7.14. The Balaban J connectivity index is 1.43. The summed E-state index contributed by atoms with van der Waals surface area (Å²) in [6, 6.07) is 16.6. The highest BCUT2D eigenvalue weighted by Crippen LogP contribution is 2.27. The van der Waals surface area contributed by atoms with Gasteiger partial charge in [-0.2, -0.15) is 5.26 Å². The number of hydrogen-bond acceptors (Lipinski definition) is 8. The first-order valence-corrected chi connectivity index (χ1v) is 12.8. The number of carboxylic acid groups (broad SMARTS) is 1. The lowest BCUT2D eigenvalue weighted by Crippen LogP contribution is -2.32. The van der Waals surface area contributed by atoms with Gasteiger partial charge in [-0.05, 0) is 66.8 Å². The maximum absolute atomic E-state index is 12.1. The summed E-state index contributed by atoms with van der Waals surface area (Å²) in [5.74, 6) is -0.135. The number of hydrogen-bond donors (Lipinski definition) is 3. The fraction of sp³-hybridized carbons (Fsp3) is 0.250. The van der Waals surface area contributed by atoms with Crippen LogP contribution >= 0.6 is 11.3 Å². The molecule has 0 aliphatic carbocycles. The van der Waals surface area contributed by atoms with Gasteiger partial charge in [-0.25, -0.2) is 9.78 Å². The highest BCUT2D eigenvalue weighted by atomic mass is 32.1. The van der Waals surface area contributed by atoms with Gasteiger partial charge < -0.3 is 15.7 Å². The molecule has 0 saturated carbocycles. The minimum absolute atomic E-state index is 0.312. The van der Waals surface area contributed by atoms with Gasteiger partial charge in [0.15, 0.2) is 0 Å². The molecule has 1 atom stereocenters. The molecule has 188 valence electrons. The second-order valence-corrected chi connectivity index (χ2v) is 9.86. The van der Waals surface area contributed by atoms with E-state index in [4.69, 9.17) is 0 Å². The molecular formula is C28H28N6O2S. The van der Waals surface area contributed by atoms with Gasteiger partial charge in [0.25, 0.3) is 0 Å². The smallest absolute Gasteiger partial charge is 0.326 e. The molecule has 0 aliphatic heterocycles. The summed E-state index contributed by atoms with van der Waals surface area (Å²) in [7, 11) is 0. The van der Waals surface area contributed by atoms with Crippen molar-refractivity contribution in [2.45, 2.75) is 46.2 Å². The third-order valence-corrected chi connectivity index (χ3v) is 6.96. The lowest BCUT2D eigenvalue weighted by Gasteiger charge is -2.20. The predicted molar refractivity (Wildman–Crippen MR) is 146 cm³/mol. The molecular weight excluding hydrogens is 484 g/mol. The number of aromatic nitrogens is 3. The molecule has 1 unspecified atom stereocenters. The molecule has 8 nitrogen and oxygen atoms in total. The maximum atomic E-state index is 12.1. The van der Waals surface area contributed by atoms with E-state index < -0.39 is 12.0 Å². The van der Waals surface area contributed by atoms with Gasteiger partial charge in [0.1, 0.15) is 21.9 Å². The van der Waals surface area contributed by atoms with E-state index in [9.17, 15) is 15.2 Å². The van der Waals surface area contributed by atoms with Gasteiger partial charge >= 0.3 is 5.97 Å². The standard InChI is InChI=1S/C28H28N6O2S/c1-4-21-13-20(15-29)12-18(3)26(21)32-23(28(35)36)14-19-5-7-22(8-6-19)27-34-33-25(37-27)16-31-24-11-17(2)9-10-30-24/h5-13,23,32H,4,14,16H2,1-3H3,(H,30,31)(H,35,36). The molecule has 2 aromatic heterocycles. The number of nitrogens with zero attached hydrogens (tertiary/aromatic N) is 4. The van der Waals surface area contributed by atoms with Crippen molar-refractivity contribution in [2.75, 3.05) is 10.6 Å². The minimum Gasteiger partial charge on any atom is -0.480 e. The van der Waals surface area contributed by atoms with E-state index in [2.05, 4.69) is 31.9 Å². The summed E-state index contributed by atoms with van der Waals surface area (Å²) in [5.41, 5.74) is 6.09. The molecule has 9 heteroatoms. The molecule has 0 fully saturated rings. The molecule has 0 aliphatic rings. The van der Waals surface area contributed by atoms with Crippen molar-refractivity contribution >= 4 is 28.8 Å². The normalized spacial score (nSPS) is 11.5. The van der Waals surface area contributed by atoms with E-state index in [0.717, 1.165) is 49.3 Å². The van der Waals surface area contributed by atoms with Crippen LogP contribution in [0.4, 0.5) is 11.5 Å². The highest BCUT2D eigenvalue weighted by Gasteiger charge is 2.20. The first kappa shape index (κ1) is 25.8. The van der Waals surface area contributed by atoms with E-state index in [1.54, 1.807) is 12.3 Å². The van der Waals surface area contributed by atoms with Crippen LogP contribution in [0, 0.1) is 25.2 Å². The molecule has 0 bridgehead atoms. The average molecular weight is 513 g/mol. The van der Waals surface area contributed by atoms with Crippen LogP contribution in [0.1, 0.15) is 39.7 Å². The summed E-state index contributed by atoms with van der Waals surface area (Å²) < 4.78 is 0. The number of nitrogens with one attached hydrogen (secondary N) is 2. The number of anilines is 2. The number of carbonyl (C=O) groups is 1. The second kappa shape index (κ2) is 11.6. The lowest BCUT2D eigenvalue weighted by atomic mass is 9.99. The summed E-state index contributed by atoms with van der Waals surface area (Å²) >= 11 is 1.50. The van der Waals surface area contributed by atoms with Crippen LogP contribution in [0.25, 0.3) is 10.6 Å². The Kier molecular flexibility index (Phi) is 8.11. The fourth-order valence-corrected chi connectivity index (χ4v) is 4.83. The molecule has 0 radical (unpaired) electrons. The Hall–Kier alpha value is -4.29. The van der Waals surface area contributed by atoms with Crippen LogP contribution < -0.4 is 10.6 Å². The van der Waals surface area contributed by atoms with E-state index in [-0.39, 0.29) is 0 Å². The summed E-state index contributed by atoms with van der Waals surface area (Å²) in [4.78, 5) is 16.4. The summed E-state index contributed by atoms with van der Waals surface area (Å²) in [6.07, 6.45) is 2.77. The van der Waals surface area contributed by atoms with E-state index in [1.165, 1.54) is 11.3 Å². The molecule has 4 rings (SSSR count). The van der Waals surface area contributed by atoms with Crippen LogP contribution in [0.15, 0.2) is 54.7 Å². The summed E-state index contributed by atoms with van der Waals surface area (Å²) in [5, 5.41) is 35.9. The van der Waals surface area contributed by atoms with Crippen LogP contribution in [0.5, 0.6) is 0 Å². The number of rotatable bonds is 10. The van der Waals surface area contributed by atoms with Crippen molar-refractivity contribution in [1.29, 1.82) is 5.26 Å². The molecule has 2 aromatic carbocycles. The van der Waals surface area contributed by atoms with Crippen LogP contribution in [-0.4, -0.2) is 32.3 Å². The Labute approximate surface area is 220 Å². The van der Waals surface area contributed by atoms with Crippen molar-refractivity contribution in [3.8, 4) is 16.6 Å². The monoisotopic (exact) mass is 512 g/mol. The zero-order valence-corrected chi connectivity index (χ0v) is 21.8. The third kappa shape index (κ3) is 6.48. The molecule has 0 amide bonds. The number of benzene rings is 2. The number of aryl methyl sites for hydroxylation is 3. The van der Waals surface area contributed by atoms with E-state index in [1.807, 2.05) is 63.2 Å². The summed E-state index contributed by atoms with van der Waals surface area (Å²) in [6.45, 7) is 6.43. The zero-order valence-electron chi connectivity index (χ0n) is 20.9. The van der Waals surface area contributed by atoms with Gasteiger partial charge in [0, 0.05) is 23.9 Å². The quantitative estimate of drug-likeness (QED) is 0.259. The topological polar surface area (TPSA) is 124 Å². The number of aliphatic carboxylic acids is 1. The van der Waals surface area contributed by atoms with Gasteiger partial charge in [0.2, 0.25) is 0 Å². The number of nitriles is 1. The van der Waals surface area contributed by atoms with Crippen molar-refractivity contribution in [2.24, 2.45) is 0 Å².